The first-order valence-corrected chi connectivity index (χ1v) is 11.8. The number of amides is 1. The standard InChI is InChI=1S/C26H25N5O3S/c1-17-4-9-20(10-5-17)25-29-30-26(31(25)21-11-6-18(2)7-12-21)35-16-24(33)28-27-15-19-8-13-22(32)23(14-19)34-3/h4-15,32H,16H2,1-3H3,(H,28,33). The van der Waals surface area contributed by atoms with Crippen LogP contribution in [0.3, 0.4) is 0 Å². The van der Waals surface area contributed by atoms with Crippen LogP contribution in [0.4, 0.5) is 0 Å². The molecule has 1 aromatic heterocycles. The summed E-state index contributed by atoms with van der Waals surface area (Å²) in [5.41, 5.74) is 7.35. The van der Waals surface area contributed by atoms with E-state index in [2.05, 4.69) is 20.7 Å². The topological polar surface area (TPSA) is 102 Å². The van der Waals surface area contributed by atoms with Crippen molar-refractivity contribution in [2.24, 2.45) is 5.10 Å². The number of carbonyl (C=O) groups excluding carboxylic acids is 1. The Morgan fingerprint density at radius 1 is 1.06 bits per heavy atom. The number of nitrogens with one attached hydrogen (secondary N) is 1. The monoisotopic (exact) mass is 487 g/mol. The Kier molecular flexibility index (Phi) is 7.47. The number of phenolic OH excluding ortho intramolecular Hbond substituents is 1. The Balaban J connectivity index is 1.49. The van der Waals surface area contributed by atoms with E-state index in [1.165, 1.54) is 31.2 Å². The van der Waals surface area contributed by atoms with Crippen molar-refractivity contribution in [2.45, 2.75) is 19.0 Å². The quantitative estimate of drug-likeness (QED) is 0.215. The van der Waals surface area contributed by atoms with E-state index < -0.39 is 0 Å². The van der Waals surface area contributed by atoms with Gasteiger partial charge in [0, 0.05) is 11.3 Å². The number of rotatable bonds is 8. The molecule has 0 saturated heterocycles. The number of aromatic hydroxyl groups is 1. The fourth-order valence-electron chi connectivity index (χ4n) is 3.30. The summed E-state index contributed by atoms with van der Waals surface area (Å²) in [7, 11) is 1.47. The van der Waals surface area contributed by atoms with Crippen LogP contribution in [-0.4, -0.2) is 44.9 Å². The number of phenols is 1. The van der Waals surface area contributed by atoms with E-state index in [4.69, 9.17) is 4.74 Å². The number of carbonyl (C=O) groups is 1. The van der Waals surface area contributed by atoms with Gasteiger partial charge in [-0.1, -0.05) is 59.3 Å². The summed E-state index contributed by atoms with van der Waals surface area (Å²) in [6, 6.07) is 21.0. The third-order valence-electron chi connectivity index (χ3n) is 5.17. The molecule has 9 heteroatoms. The molecule has 0 bridgehead atoms. The number of nitrogens with zero attached hydrogens (tertiary/aromatic N) is 4. The van der Waals surface area contributed by atoms with E-state index in [0.717, 1.165) is 22.4 Å². The maximum Gasteiger partial charge on any atom is 0.250 e. The molecule has 8 nitrogen and oxygen atoms in total. The molecule has 0 fully saturated rings. The summed E-state index contributed by atoms with van der Waals surface area (Å²) in [5.74, 6) is 0.889. The van der Waals surface area contributed by atoms with Gasteiger partial charge in [0.05, 0.1) is 19.1 Å². The minimum absolute atomic E-state index is 0.0350. The van der Waals surface area contributed by atoms with Crippen molar-refractivity contribution < 1.29 is 14.6 Å². The largest absolute Gasteiger partial charge is 0.504 e. The van der Waals surface area contributed by atoms with Crippen LogP contribution < -0.4 is 10.2 Å². The number of ether oxygens (including phenoxy) is 1. The van der Waals surface area contributed by atoms with E-state index in [9.17, 15) is 9.90 Å². The Bertz CT molecular complexity index is 1350. The first-order chi connectivity index (χ1) is 16.9. The number of aromatic nitrogens is 3. The predicted molar refractivity (Wildman–Crippen MR) is 137 cm³/mol. The van der Waals surface area contributed by atoms with Crippen molar-refractivity contribution in [1.29, 1.82) is 0 Å². The average molecular weight is 488 g/mol. The van der Waals surface area contributed by atoms with Crippen LogP contribution in [0.5, 0.6) is 11.5 Å². The summed E-state index contributed by atoms with van der Waals surface area (Å²) in [6.45, 7) is 4.07. The maximum atomic E-state index is 12.4. The van der Waals surface area contributed by atoms with Crippen LogP contribution in [0.25, 0.3) is 17.1 Å². The number of hydrogen-bond acceptors (Lipinski definition) is 7. The SMILES string of the molecule is COc1cc(C=NNC(=O)CSc2nnc(-c3ccc(C)cc3)n2-c2ccc(C)cc2)ccc1O. The first kappa shape index (κ1) is 24.0. The molecule has 2 N–H and O–H groups in total. The molecule has 1 heterocycles. The van der Waals surface area contributed by atoms with Gasteiger partial charge in [0.25, 0.3) is 5.91 Å². The third-order valence-corrected chi connectivity index (χ3v) is 6.10. The molecule has 178 valence electrons. The molecule has 0 unspecified atom stereocenters. The van der Waals surface area contributed by atoms with Gasteiger partial charge in [0.1, 0.15) is 0 Å². The summed E-state index contributed by atoms with van der Waals surface area (Å²) >= 11 is 1.28. The molecule has 0 spiro atoms. The van der Waals surface area contributed by atoms with Gasteiger partial charge < -0.3 is 9.84 Å². The van der Waals surface area contributed by atoms with Crippen LogP contribution in [0, 0.1) is 13.8 Å². The van der Waals surface area contributed by atoms with Crippen molar-refractivity contribution >= 4 is 23.9 Å². The number of hydrogen-bond donors (Lipinski definition) is 2. The number of methoxy groups -OCH3 is 1. The van der Waals surface area contributed by atoms with Crippen LogP contribution >= 0.6 is 11.8 Å². The van der Waals surface area contributed by atoms with Gasteiger partial charge in [-0.15, -0.1) is 10.2 Å². The lowest BCUT2D eigenvalue weighted by Gasteiger charge is -2.11. The van der Waals surface area contributed by atoms with Gasteiger partial charge in [-0.25, -0.2) is 5.43 Å². The van der Waals surface area contributed by atoms with Crippen molar-refractivity contribution in [3.05, 3.63) is 83.4 Å². The number of benzene rings is 3. The van der Waals surface area contributed by atoms with E-state index in [1.807, 2.05) is 66.9 Å². The lowest BCUT2D eigenvalue weighted by atomic mass is 10.1. The second-order valence-corrected chi connectivity index (χ2v) is 8.80. The minimum atomic E-state index is -0.285. The summed E-state index contributed by atoms with van der Waals surface area (Å²) < 4.78 is 7.03. The van der Waals surface area contributed by atoms with Gasteiger partial charge in [-0.05, 0) is 49.7 Å². The summed E-state index contributed by atoms with van der Waals surface area (Å²) in [6.07, 6.45) is 1.48. The third kappa shape index (κ3) is 5.88. The number of aryl methyl sites for hydroxylation is 2. The minimum Gasteiger partial charge on any atom is -0.504 e. The Hall–Kier alpha value is -4.11. The Morgan fingerprint density at radius 3 is 2.43 bits per heavy atom. The van der Waals surface area contributed by atoms with E-state index in [1.54, 1.807) is 12.1 Å². The van der Waals surface area contributed by atoms with E-state index in [0.29, 0.717) is 22.3 Å². The molecule has 1 amide bonds. The maximum absolute atomic E-state index is 12.4. The zero-order chi connectivity index (χ0) is 24.8. The first-order valence-electron chi connectivity index (χ1n) is 10.9. The molecule has 4 aromatic rings. The molecule has 35 heavy (non-hydrogen) atoms. The zero-order valence-corrected chi connectivity index (χ0v) is 20.4. The number of hydrazone groups is 1. The van der Waals surface area contributed by atoms with Gasteiger partial charge in [0.15, 0.2) is 22.5 Å². The predicted octanol–water partition coefficient (Wildman–Crippen LogP) is 4.51. The fraction of sp³-hybridized carbons (Fsp3) is 0.154. The van der Waals surface area contributed by atoms with Gasteiger partial charge in [-0.3, -0.25) is 9.36 Å². The highest BCUT2D eigenvalue weighted by Gasteiger charge is 2.17. The Labute approximate surface area is 207 Å². The molecule has 0 aliphatic heterocycles. The second-order valence-electron chi connectivity index (χ2n) is 7.86. The Morgan fingerprint density at radius 2 is 1.74 bits per heavy atom. The molecular weight excluding hydrogens is 462 g/mol. The molecule has 4 rings (SSSR count). The van der Waals surface area contributed by atoms with Crippen molar-refractivity contribution in [3.63, 3.8) is 0 Å². The average Bonchev–Trinajstić information content (AvgIpc) is 3.28. The van der Waals surface area contributed by atoms with Gasteiger partial charge in [0.2, 0.25) is 0 Å². The van der Waals surface area contributed by atoms with Gasteiger partial charge in [-0.2, -0.15) is 5.10 Å². The lowest BCUT2D eigenvalue weighted by molar-refractivity contribution is -0.118. The van der Waals surface area contributed by atoms with E-state index in [-0.39, 0.29) is 17.4 Å². The molecule has 0 atom stereocenters. The lowest BCUT2D eigenvalue weighted by Crippen LogP contribution is -2.20. The van der Waals surface area contributed by atoms with Crippen LogP contribution in [0.2, 0.25) is 0 Å². The van der Waals surface area contributed by atoms with Crippen molar-refractivity contribution in [1.82, 2.24) is 20.2 Å². The van der Waals surface area contributed by atoms with Crippen molar-refractivity contribution in [2.75, 3.05) is 12.9 Å². The highest BCUT2D eigenvalue weighted by molar-refractivity contribution is 7.99. The van der Waals surface area contributed by atoms with Crippen LogP contribution in [-0.2, 0) is 4.79 Å². The zero-order valence-electron chi connectivity index (χ0n) is 19.6. The number of thioether (sulfide) groups is 1. The van der Waals surface area contributed by atoms with E-state index >= 15 is 0 Å². The highest BCUT2D eigenvalue weighted by Crippen LogP contribution is 2.28. The molecule has 0 aliphatic rings. The smallest absolute Gasteiger partial charge is 0.250 e. The summed E-state index contributed by atoms with van der Waals surface area (Å²) in [4.78, 5) is 12.4. The van der Waals surface area contributed by atoms with Crippen molar-refractivity contribution in [3.8, 4) is 28.6 Å². The fourth-order valence-corrected chi connectivity index (χ4v) is 4.04. The highest BCUT2D eigenvalue weighted by atomic mass is 32.2. The molecule has 0 saturated carbocycles. The molecule has 0 radical (unpaired) electrons. The van der Waals surface area contributed by atoms with Crippen LogP contribution in [0.15, 0.2) is 77.0 Å². The molecular formula is C26H25N5O3S. The molecule has 0 aliphatic carbocycles. The normalized spacial score (nSPS) is 11.1. The second kappa shape index (κ2) is 10.9. The summed E-state index contributed by atoms with van der Waals surface area (Å²) in [5, 5.41) is 23.0. The molecule has 3 aromatic carbocycles. The van der Waals surface area contributed by atoms with Gasteiger partial charge >= 0.3 is 0 Å². The van der Waals surface area contributed by atoms with Crippen LogP contribution in [0.1, 0.15) is 16.7 Å².